The van der Waals surface area contributed by atoms with E-state index in [-0.39, 0.29) is 24.8 Å². The highest BCUT2D eigenvalue weighted by Crippen LogP contribution is 2.37. The molecule has 3 N–H and O–H groups in total. The molecule has 0 aliphatic heterocycles. The van der Waals surface area contributed by atoms with Crippen LogP contribution in [-0.4, -0.2) is 29.4 Å². The molecule has 0 amide bonds. The first-order chi connectivity index (χ1) is 12.6. The van der Waals surface area contributed by atoms with E-state index in [1.54, 1.807) is 29.8 Å². The van der Waals surface area contributed by atoms with Crippen LogP contribution in [0.25, 0.3) is 16.8 Å². The summed E-state index contributed by atoms with van der Waals surface area (Å²) in [6.07, 6.45) is 1.72. The Bertz CT molecular complexity index is 936. The fraction of sp³-hybridized carbons (Fsp3) is 0.150. The van der Waals surface area contributed by atoms with E-state index in [4.69, 9.17) is 15.2 Å². The molecule has 0 saturated carbocycles. The number of carbonyl (C=O) groups excluding carboxylic acids is 1. The summed E-state index contributed by atoms with van der Waals surface area (Å²) in [7, 11) is 1.51. The zero-order chi connectivity index (χ0) is 18.7. The Morgan fingerprint density at radius 2 is 1.85 bits per heavy atom. The van der Waals surface area contributed by atoms with Gasteiger partial charge in [-0.3, -0.25) is 0 Å². The van der Waals surface area contributed by atoms with E-state index in [2.05, 4.69) is 0 Å². The minimum atomic E-state index is -0.468. The number of aromatic nitrogens is 1. The number of phenols is 1. The fourth-order valence-electron chi connectivity index (χ4n) is 2.80. The number of benzene rings is 2. The lowest BCUT2D eigenvalue weighted by Crippen LogP contribution is -2.12. The minimum Gasteiger partial charge on any atom is -0.504 e. The number of phenolic OH excluding ortho intramolecular Hbond substituents is 1. The summed E-state index contributed by atoms with van der Waals surface area (Å²) in [6.45, 7) is 2.02. The molecule has 0 saturated heterocycles. The molecular formula is C20H21ClN2O4. The highest BCUT2D eigenvalue weighted by Gasteiger charge is 2.18. The molecule has 0 unspecified atom stereocenters. The summed E-state index contributed by atoms with van der Waals surface area (Å²) in [6, 6.07) is 14.4. The number of aromatic hydroxyl groups is 1. The van der Waals surface area contributed by atoms with Crippen molar-refractivity contribution in [2.75, 3.05) is 19.5 Å². The number of esters is 1. The molecule has 2 aromatic carbocycles. The van der Waals surface area contributed by atoms with Crippen molar-refractivity contribution in [1.29, 1.82) is 0 Å². The molecule has 27 heavy (non-hydrogen) atoms. The van der Waals surface area contributed by atoms with Gasteiger partial charge in [0.2, 0.25) is 0 Å². The number of carbonyl (C=O) groups is 1. The highest BCUT2D eigenvalue weighted by atomic mass is 35.5. The van der Waals surface area contributed by atoms with Crippen molar-refractivity contribution in [2.24, 2.45) is 0 Å². The van der Waals surface area contributed by atoms with Crippen molar-refractivity contribution in [3.05, 3.63) is 60.4 Å². The molecule has 1 aromatic heterocycles. The number of para-hydroxylation sites is 1. The van der Waals surface area contributed by atoms with Gasteiger partial charge in [0, 0.05) is 17.4 Å². The zero-order valence-corrected chi connectivity index (χ0v) is 15.8. The fourth-order valence-corrected chi connectivity index (χ4v) is 2.80. The van der Waals surface area contributed by atoms with Gasteiger partial charge in [-0.05, 0) is 36.8 Å². The number of nitrogens with two attached hydrogens (primary N) is 1. The first-order valence-electron chi connectivity index (χ1n) is 8.17. The van der Waals surface area contributed by atoms with Crippen LogP contribution in [0.2, 0.25) is 0 Å². The quantitative estimate of drug-likeness (QED) is 0.644. The van der Waals surface area contributed by atoms with Crippen LogP contribution in [0.3, 0.4) is 0 Å². The lowest BCUT2D eigenvalue weighted by molar-refractivity contribution is 0.0518. The summed E-state index contributed by atoms with van der Waals surface area (Å²) < 4.78 is 11.9. The molecule has 6 nitrogen and oxygen atoms in total. The third-order valence-corrected chi connectivity index (χ3v) is 4.06. The van der Waals surface area contributed by atoms with Crippen LogP contribution < -0.4 is 10.5 Å². The highest BCUT2D eigenvalue weighted by molar-refractivity contribution is 5.94. The Hall–Kier alpha value is -3.12. The summed E-state index contributed by atoms with van der Waals surface area (Å²) in [5.41, 5.74) is 8.81. The normalized spacial score (nSPS) is 10.1. The number of nitrogen functional groups attached to an aromatic ring is 1. The van der Waals surface area contributed by atoms with Crippen LogP contribution in [0, 0.1) is 0 Å². The van der Waals surface area contributed by atoms with E-state index < -0.39 is 5.97 Å². The van der Waals surface area contributed by atoms with Gasteiger partial charge in [-0.1, -0.05) is 24.3 Å². The zero-order valence-electron chi connectivity index (χ0n) is 15.0. The van der Waals surface area contributed by atoms with Gasteiger partial charge in [-0.25, -0.2) is 4.79 Å². The first-order valence-corrected chi connectivity index (χ1v) is 8.17. The van der Waals surface area contributed by atoms with Gasteiger partial charge in [-0.15, -0.1) is 12.4 Å². The van der Waals surface area contributed by atoms with Gasteiger partial charge in [0.15, 0.2) is 17.2 Å². The van der Waals surface area contributed by atoms with Crippen molar-refractivity contribution in [3.8, 4) is 28.3 Å². The number of methoxy groups -OCH3 is 1. The molecule has 3 aromatic rings. The van der Waals surface area contributed by atoms with Gasteiger partial charge < -0.3 is 24.9 Å². The predicted octanol–water partition coefficient (Wildman–Crippen LogP) is 4.04. The van der Waals surface area contributed by atoms with E-state index in [1.165, 1.54) is 7.11 Å². The standard InChI is InChI=1S/C20H20N2O4.ClH/c1-3-26-20(24)18-16(21)11-12-22(18)14-9-7-13(8-10-14)15-5-4-6-17(25-2)19(15)23;/h4-12,23H,3,21H2,1-2H3;1H. The van der Waals surface area contributed by atoms with E-state index >= 15 is 0 Å². The van der Waals surface area contributed by atoms with E-state index in [9.17, 15) is 9.90 Å². The maximum absolute atomic E-state index is 12.2. The summed E-state index contributed by atoms with van der Waals surface area (Å²) in [5.74, 6) is 0.0269. The smallest absolute Gasteiger partial charge is 0.357 e. The number of rotatable bonds is 5. The Morgan fingerprint density at radius 1 is 1.15 bits per heavy atom. The second kappa shape index (κ2) is 8.51. The lowest BCUT2D eigenvalue weighted by Gasteiger charge is -2.12. The van der Waals surface area contributed by atoms with E-state index in [1.807, 2.05) is 36.4 Å². The lowest BCUT2D eigenvalue weighted by atomic mass is 10.0. The Balaban J connectivity index is 0.00000261. The molecule has 1 heterocycles. The Kier molecular flexibility index (Phi) is 6.36. The van der Waals surface area contributed by atoms with Crippen molar-refractivity contribution >= 4 is 24.1 Å². The van der Waals surface area contributed by atoms with Crippen LogP contribution in [0.5, 0.6) is 11.5 Å². The molecule has 0 radical (unpaired) electrons. The van der Waals surface area contributed by atoms with Crippen molar-refractivity contribution in [1.82, 2.24) is 4.57 Å². The molecule has 0 fully saturated rings. The van der Waals surface area contributed by atoms with E-state index in [0.29, 0.717) is 22.7 Å². The largest absolute Gasteiger partial charge is 0.504 e. The molecule has 0 aliphatic rings. The topological polar surface area (TPSA) is 86.7 Å². The number of anilines is 1. The van der Waals surface area contributed by atoms with Crippen molar-refractivity contribution in [2.45, 2.75) is 6.92 Å². The number of hydrogen-bond donors (Lipinski definition) is 2. The molecule has 0 aliphatic carbocycles. The van der Waals surface area contributed by atoms with Gasteiger partial charge in [0.05, 0.1) is 19.4 Å². The second-order valence-electron chi connectivity index (χ2n) is 5.61. The summed E-state index contributed by atoms with van der Waals surface area (Å²) in [5, 5.41) is 10.3. The van der Waals surface area contributed by atoms with Gasteiger partial charge >= 0.3 is 5.97 Å². The van der Waals surface area contributed by atoms with Gasteiger partial charge in [-0.2, -0.15) is 0 Å². The van der Waals surface area contributed by atoms with E-state index in [0.717, 1.165) is 11.3 Å². The van der Waals surface area contributed by atoms with Crippen molar-refractivity contribution in [3.63, 3.8) is 0 Å². The number of nitrogens with zero attached hydrogens (tertiary/aromatic N) is 1. The molecule has 0 spiro atoms. The Labute approximate surface area is 163 Å². The molecule has 7 heteroatoms. The SMILES string of the molecule is CCOC(=O)c1c(N)ccn1-c1ccc(-c2cccc(OC)c2O)cc1.Cl. The second-order valence-corrected chi connectivity index (χ2v) is 5.61. The van der Waals surface area contributed by atoms with Crippen LogP contribution in [0.15, 0.2) is 54.7 Å². The minimum absolute atomic E-state index is 0. The summed E-state index contributed by atoms with van der Waals surface area (Å²) >= 11 is 0. The van der Waals surface area contributed by atoms with Crippen molar-refractivity contribution < 1.29 is 19.4 Å². The maximum Gasteiger partial charge on any atom is 0.357 e. The average molecular weight is 389 g/mol. The monoisotopic (exact) mass is 388 g/mol. The molecule has 142 valence electrons. The molecule has 3 rings (SSSR count). The number of hydrogen-bond acceptors (Lipinski definition) is 5. The van der Waals surface area contributed by atoms with Crippen LogP contribution >= 0.6 is 12.4 Å². The Morgan fingerprint density at radius 3 is 2.48 bits per heavy atom. The molecule has 0 atom stereocenters. The third kappa shape index (κ3) is 3.85. The first kappa shape index (κ1) is 20.2. The van der Waals surface area contributed by atoms with Crippen LogP contribution in [-0.2, 0) is 4.74 Å². The van der Waals surface area contributed by atoms with Crippen LogP contribution in [0.1, 0.15) is 17.4 Å². The summed E-state index contributed by atoms with van der Waals surface area (Å²) in [4.78, 5) is 12.2. The molecule has 0 bridgehead atoms. The van der Waals surface area contributed by atoms with Gasteiger partial charge in [0.25, 0.3) is 0 Å². The molecular weight excluding hydrogens is 368 g/mol. The average Bonchev–Trinajstić information content (AvgIpc) is 3.04. The van der Waals surface area contributed by atoms with Crippen LogP contribution in [0.4, 0.5) is 5.69 Å². The predicted molar refractivity (Wildman–Crippen MR) is 107 cm³/mol. The van der Waals surface area contributed by atoms with Gasteiger partial charge in [0.1, 0.15) is 0 Å². The maximum atomic E-state index is 12.2. The third-order valence-electron chi connectivity index (χ3n) is 4.06. The number of halogens is 1. The number of ether oxygens (including phenoxy) is 2.